The summed E-state index contributed by atoms with van der Waals surface area (Å²) in [6.07, 6.45) is 0. The maximum atomic E-state index is 10.9. The maximum absolute atomic E-state index is 10.9. The van der Waals surface area contributed by atoms with Crippen molar-refractivity contribution < 1.29 is 9.90 Å². The van der Waals surface area contributed by atoms with E-state index in [4.69, 9.17) is 5.11 Å². The number of nitrogens with one attached hydrogen (secondary N) is 1. The zero-order valence-corrected chi connectivity index (χ0v) is 13.9. The number of aryl methyl sites for hydroxylation is 1. The van der Waals surface area contributed by atoms with Crippen LogP contribution in [0, 0.1) is 6.92 Å². The van der Waals surface area contributed by atoms with E-state index in [0.29, 0.717) is 5.56 Å². The van der Waals surface area contributed by atoms with E-state index in [1.165, 1.54) is 20.5 Å². The molecule has 0 aliphatic heterocycles. The highest BCUT2D eigenvalue weighted by Gasteiger charge is 2.09. The van der Waals surface area contributed by atoms with E-state index in [2.05, 4.69) is 42.2 Å². The number of carboxylic acid groups (broad SMARTS) is 1. The van der Waals surface area contributed by atoms with Gasteiger partial charge in [-0.05, 0) is 53.8 Å². The summed E-state index contributed by atoms with van der Waals surface area (Å²) in [5, 5.41) is 10.2. The fourth-order valence-electron chi connectivity index (χ4n) is 2.84. The quantitative estimate of drug-likeness (QED) is 0.515. The number of H-pyrrole nitrogens is 1. The molecule has 0 saturated heterocycles. The number of aromatic amines is 1. The van der Waals surface area contributed by atoms with Crippen LogP contribution >= 0.6 is 11.3 Å². The number of fused-ring (bicyclic) bond motifs is 1. The van der Waals surface area contributed by atoms with Gasteiger partial charge in [0.05, 0.1) is 16.1 Å². The highest BCUT2D eigenvalue weighted by atomic mass is 32.1. The molecular formula is C20H15NO2S. The second kappa shape index (κ2) is 5.65. The molecule has 0 spiro atoms. The molecule has 0 aliphatic carbocycles. The maximum Gasteiger partial charge on any atom is 0.335 e. The summed E-state index contributed by atoms with van der Waals surface area (Å²) in [5.41, 5.74) is 4.62. The molecule has 4 aromatic rings. The van der Waals surface area contributed by atoms with Gasteiger partial charge in [0, 0.05) is 10.4 Å². The van der Waals surface area contributed by atoms with Gasteiger partial charge in [0.25, 0.3) is 0 Å². The van der Waals surface area contributed by atoms with Gasteiger partial charge in [-0.1, -0.05) is 30.3 Å². The summed E-state index contributed by atoms with van der Waals surface area (Å²) in [5.74, 6) is -0.908. The Balaban J connectivity index is 1.71. The first kappa shape index (κ1) is 14.7. The number of benzene rings is 2. The monoisotopic (exact) mass is 333 g/mol. The van der Waals surface area contributed by atoms with Gasteiger partial charge in [0.15, 0.2) is 0 Å². The fraction of sp³-hybridized carbons (Fsp3) is 0.0500. The van der Waals surface area contributed by atoms with E-state index in [1.807, 2.05) is 18.2 Å². The van der Waals surface area contributed by atoms with E-state index in [0.717, 1.165) is 17.0 Å². The van der Waals surface area contributed by atoms with Crippen LogP contribution in [0.25, 0.3) is 31.9 Å². The number of carbonyl (C=O) groups is 1. The third-order valence-corrected chi connectivity index (χ3v) is 5.45. The van der Waals surface area contributed by atoms with Crippen molar-refractivity contribution >= 4 is 27.4 Å². The second-order valence-electron chi connectivity index (χ2n) is 5.77. The minimum Gasteiger partial charge on any atom is -0.478 e. The van der Waals surface area contributed by atoms with Crippen molar-refractivity contribution in [3.63, 3.8) is 0 Å². The fourth-order valence-corrected chi connectivity index (χ4v) is 3.95. The first-order chi connectivity index (χ1) is 11.6. The van der Waals surface area contributed by atoms with E-state index in [9.17, 15) is 4.79 Å². The lowest BCUT2D eigenvalue weighted by molar-refractivity contribution is 0.0697. The number of rotatable bonds is 3. The van der Waals surface area contributed by atoms with Gasteiger partial charge in [-0.15, -0.1) is 11.3 Å². The molecule has 0 saturated carbocycles. The van der Waals surface area contributed by atoms with Gasteiger partial charge in [-0.3, -0.25) is 0 Å². The van der Waals surface area contributed by atoms with Gasteiger partial charge >= 0.3 is 5.97 Å². The molecule has 0 amide bonds. The number of hydrogen-bond donors (Lipinski definition) is 2. The first-order valence-electron chi connectivity index (χ1n) is 7.64. The molecule has 118 valence electrons. The minimum atomic E-state index is -0.908. The molecule has 2 aromatic heterocycles. The van der Waals surface area contributed by atoms with Gasteiger partial charge in [0.2, 0.25) is 0 Å². The van der Waals surface area contributed by atoms with Crippen LogP contribution in [0.1, 0.15) is 15.9 Å². The molecule has 2 aromatic carbocycles. The van der Waals surface area contributed by atoms with E-state index in [1.54, 1.807) is 23.5 Å². The highest BCUT2D eigenvalue weighted by molar-refractivity contribution is 7.22. The van der Waals surface area contributed by atoms with Gasteiger partial charge in [-0.2, -0.15) is 0 Å². The van der Waals surface area contributed by atoms with Crippen molar-refractivity contribution in [2.24, 2.45) is 0 Å². The standard InChI is InChI=1S/C20H15NO2S/c1-12-3-2-4-15-11-18(24-19(12)15)17-10-9-16(21-17)13-5-7-14(8-6-13)20(22)23/h2-11,21H,1H3,(H,22,23). The number of hydrogen-bond acceptors (Lipinski definition) is 2. The van der Waals surface area contributed by atoms with Crippen molar-refractivity contribution in [2.45, 2.75) is 6.92 Å². The SMILES string of the molecule is Cc1cccc2cc(-c3ccc(-c4ccc(C(=O)O)cc4)[nH]3)sc12. The predicted octanol–water partition coefficient (Wildman–Crippen LogP) is 5.57. The predicted molar refractivity (Wildman–Crippen MR) is 98.7 cm³/mol. The summed E-state index contributed by atoms with van der Waals surface area (Å²) in [7, 11) is 0. The summed E-state index contributed by atoms with van der Waals surface area (Å²) in [4.78, 5) is 15.6. The van der Waals surface area contributed by atoms with Crippen LogP contribution in [-0.4, -0.2) is 16.1 Å². The lowest BCUT2D eigenvalue weighted by atomic mass is 10.1. The minimum absolute atomic E-state index is 0.297. The van der Waals surface area contributed by atoms with Crippen LogP contribution in [0.4, 0.5) is 0 Å². The van der Waals surface area contributed by atoms with Crippen molar-refractivity contribution in [1.29, 1.82) is 0 Å². The second-order valence-corrected chi connectivity index (χ2v) is 6.82. The third kappa shape index (κ3) is 2.51. The average molecular weight is 333 g/mol. The molecule has 0 radical (unpaired) electrons. The van der Waals surface area contributed by atoms with Gasteiger partial charge in [0.1, 0.15) is 0 Å². The molecule has 2 N–H and O–H groups in total. The number of aromatic nitrogens is 1. The Labute approximate surface area is 143 Å². The average Bonchev–Trinajstić information content (AvgIpc) is 3.22. The van der Waals surface area contributed by atoms with Crippen LogP contribution in [0.5, 0.6) is 0 Å². The Morgan fingerprint density at radius 2 is 1.75 bits per heavy atom. The summed E-state index contributed by atoms with van der Waals surface area (Å²) >= 11 is 1.78. The van der Waals surface area contributed by atoms with Crippen LogP contribution in [-0.2, 0) is 0 Å². The van der Waals surface area contributed by atoms with Crippen LogP contribution < -0.4 is 0 Å². The lowest BCUT2D eigenvalue weighted by Gasteiger charge is -1.99. The Kier molecular flexibility index (Phi) is 3.47. The Morgan fingerprint density at radius 3 is 2.46 bits per heavy atom. The van der Waals surface area contributed by atoms with Crippen molar-refractivity contribution in [3.8, 4) is 21.8 Å². The van der Waals surface area contributed by atoms with Crippen LogP contribution in [0.15, 0.2) is 60.7 Å². The number of carboxylic acids is 1. The topological polar surface area (TPSA) is 53.1 Å². The first-order valence-corrected chi connectivity index (χ1v) is 8.46. The molecule has 4 heteroatoms. The highest BCUT2D eigenvalue weighted by Crippen LogP contribution is 2.35. The molecule has 0 atom stereocenters. The van der Waals surface area contributed by atoms with E-state index in [-0.39, 0.29) is 0 Å². The molecule has 24 heavy (non-hydrogen) atoms. The van der Waals surface area contributed by atoms with Gasteiger partial charge < -0.3 is 10.1 Å². The number of aromatic carboxylic acids is 1. The largest absolute Gasteiger partial charge is 0.478 e. The van der Waals surface area contributed by atoms with E-state index >= 15 is 0 Å². The molecule has 2 heterocycles. The van der Waals surface area contributed by atoms with Crippen molar-refractivity contribution in [2.75, 3.05) is 0 Å². The van der Waals surface area contributed by atoms with E-state index < -0.39 is 5.97 Å². The molecule has 0 fully saturated rings. The molecule has 4 rings (SSSR count). The molecule has 3 nitrogen and oxygen atoms in total. The van der Waals surface area contributed by atoms with Crippen LogP contribution in [0.3, 0.4) is 0 Å². The molecule has 0 bridgehead atoms. The molecule has 0 unspecified atom stereocenters. The van der Waals surface area contributed by atoms with Crippen molar-refractivity contribution in [1.82, 2.24) is 4.98 Å². The van der Waals surface area contributed by atoms with Crippen molar-refractivity contribution in [3.05, 3.63) is 71.8 Å². The smallest absolute Gasteiger partial charge is 0.335 e. The van der Waals surface area contributed by atoms with Gasteiger partial charge in [-0.25, -0.2) is 4.79 Å². The van der Waals surface area contributed by atoms with Crippen LogP contribution in [0.2, 0.25) is 0 Å². The normalized spacial score (nSPS) is 11.0. The molecular weight excluding hydrogens is 318 g/mol. The lowest BCUT2D eigenvalue weighted by Crippen LogP contribution is -1.94. The zero-order valence-electron chi connectivity index (χ0n) is 13.0. The molecule has 0 aliphatic rings. The summed E-state index contributed by atoms with van der Waals surface area (Å²) in [6, 6.07) is 19.6. The zero-order chi connectivity index (χ0) is 16.7. The Morgan fingerprint density at radius 1 is 1.00 bits per heavy atom. The number of thiophene rings is 1. The summed E-state index contributed by atoms with van der Waals surface area (Å²) < 4.78 is 1.31. The Bertz CT molecular complexity index is 1040. The third-order valence-electron chi connectivity index (χ3n) is 4.14. The Hall–Kier alpha value is -2.85. The summed E-state index contributed by atoms with van der Waals surface area (Å²) in [6.45, 7) is 2.13.